The minimum atomic E-state index is -0.367. The standard InChI is InChI=1S/C14H19BN2O3/c1-13(2)14(3,4)20-15(8-18-13)9-5-6-11-10(7-9)17-12(16)19-11/h5-7H,8H2,1-4H3,(H2,16,17). The Balaban J connectivity index is 1.92. The number of hydrogen-bond acceptors (Lipinski definition) is 5. The number of nitrogens with two attached hydrogens (primary N) is 1. The van der Waals surface area contributed by atoms with Gasteiger partial charge >= 0.3 is 6.92 Å². The number of rotatable bonds is 1. The van der Waals surface area contributed by atoms with E-state index in [1.54, 1.807) is 0 Å². The van der Waals surface area contributed by atoms with Crippen LogP contribution in [0.2, 0.25) is 0 Å². The summed E-state index contributed by atoms with van der Waals surface area (Å²) in [4.78, 5) is 4.15. The molecule has 0 unspecified atom stereocenters. The number of fused-ring (bicyclic) bond motifs is 1. The molecule has 106 valence electrons. The summed E-state index contributed by atoms with van der Waals surface area (Å²) in [6, 6.07) is 5.95. The second kappa shape index (κ2) is 4.23. The molecule has 20 heavy (non-hydrogen) atoms. The predicted octanol–water partition coefficient (Wildman–Crippen LogP) is 1.75. The predicted molar refractivity (Wildman–Crippen MR) is 79.0 cm³/mol. The molecule has 1 aromatic carbocycles. The highest BCUT2D eigenvalue weighted by Crippen LogP contribution is 2.33. The summed E-state index contributed by atoms with van der Waals surface area (Å²) in [5.74, 6) is 0. The summed E-state index contributed by atoms with van der Waals surface area (Å²) in [5, 5.41) is 0. The topological polar surface area (TPSA) is 70.5 Å². The van der Waals surface area contributed by atoms with Crippen LogP contribution in [0.4, 0.5) is 6.01 Å². The quantitative estimate of drug-likeness (QED) is 0.802. The van der Waals surface area contributed by atoms with E-state index in [9.17, 15) is 0 Å². The van der Waals surface area contributed by atoms with Crippen molar-refractivity contribution in [1.82, 2.24) is 4.98 Å². The van der Waals surface area contributed by atoms with Crippen LogP contribution in [0.5, 0.6) is 0 Å². The minimum absolute atomic E-state index is 0.111. The average Bonchev–Trinajstić information content (AvgIpc) is 2.71. The van der Waals surface area contributed by atoms with Crippen molar-refractivity contribution in [1.29, 1.82) is 0 Å². The summed E-state index contributed by atoms with van der Waals surface area (Å²) in [6.07, 6.45) is 0. The second-order valence-corrected chi connectivity index (χ2v) is 6.22. The van der Waals surface area contributed by atoms with Gasteiger partial charge in [0, 0.05) is 0 Å². The summed E-state index contributed by atoms with van der Waals surface area (Å²) in [7, 11) is 0. The van der Waals surface area contributed by atoms with E-state index in [1.807, 2.05) is 45.9 Å². The van der Waals surface area contributed by atoms with Crippen LogP contribution in [0.1, 0.15) is 27.7 Å². The zero-order chi connectivity index (χ0) is 14.5. The fourth-order valence-electron chi connectivity index (χ4n) is 2.32. The van der Waals surface area contributed by atoms with Gasteiger partial charge in [0.1, 0.15) is 5.52 Å². The molecule has 2 heterocycles. The summed E-state index contributed by atoms with van der Waals surface area (Å²) < 4.78 is 17.5. The lowest BCUT2D eigenvalue weighted by Crippen LogP contribution is -2.61. The number of aromatic nitrogens is 1. The van der Waals surface area contributed by atoms with E-state index in [0.29, 0.717) is 12.1 Å². The van der Waals surface area contributed by atoms with Gasteiger partial charge in [0.25, 0.3) is 6.01 Å². The smallest absolute Gasteiger partial charge is 0.354 e. The Labute approximate surface area is 118 Å². The second-order valence-electron chi connectivity index (χ2n) is 6.22. The first kappa shape index (κ1) is 13.5. The molecule has 2 aromatic rings. The molecule has 3 rings (SSSR count). The van der Waals surface area contributed by atoms with Crippen LogP contribution >= 0.6 is 0 Å². The number of nitrogen functional groups attached to an aromatic ring is 1. The van der Waals surface area contributed by atoms with Gasteiger partial charge in [-0.1, -0.05) is 6.07 Å². The number of benzene rings is 1. The van der Waals surface area contributed by atoms with Crippen LogP contribution in [-0.2, 0) is 9.39 Å². The third kappa shape index (κ3) is 2.09. The Kier molecular flexibility index (Phi) is 2.85. The molecule has 0 bridgehead atoms. The molecular weight excluding hydrogens is 255 g/mol. The zero-order valence-electron chi connectivity index (χ0n) is 12.3. The van der Waals surface area contributed by atoms with Crippen LogP contribution in [0.25, 0.3) is 11.1 Å². The van der Waals surface area contributed by atoms with Crippen molar-refractivity contribution in [2.45, 2.75) is 38.9 Å². The van der Waals surface area contributed by atoms with Crippen LogP contribution in [0.15, 0.2) is 22.6 Å². The van der Waals surface area contributed by atoms with Crippen molar-refractivity contribution in [2.24, 2.45) is 0 Å². The molecule has 1 aliphatic rings. The van der Waals surface area contributed by atoms with Crippen LogP contribution in [-0.4, -0.2) is 29.6 Å². The van der Waals surface area contributed by atoms with Crippen LogP contribution < -0.4 is 11.2 Å². The lowest BCUT2D eigenvalue weighted by atomic mass is 9.59. The monoisotopic (exact) mass is 274 g/mol. The van der Waals surface area contributed by atoms with E-state index in [4.69, 9.17) is 19.5 Å². The van der Waals surface area contributed by atoms with Gasteiger partial charge in [-0.15, -0.1) is 0 Å². The number of ether oxygens (including phenoxy) is 1. The van der Waals surface area contributed by atoms with Gasteiger partial charge in [-0.25, -0.2) is 0 Å². The molecule has 5 nitrogen and oxygen atoms in total. The number of hydrogen-bond donors (Lipinski definition) is 1. The van der Waals surface area contributed by atoms with Gasteiger partial charge in [-0.3, -0.25) is 0 Å². The fourth-order valence-corrected chi connectivity index (χ4v) is 2.32. The number of nitrogens with zero attached hydrogens (tertiary/aromatic N) is 1. The Morgan fingerprint density at radius 3 is 2.65 bits per heavy atom. The first-order valence-corrected chi connectivity index (χ1v) is 6.76. The van der Waals surface area contributed by atoms with E-state index in [1.165, 1.54) is 0 Å². The normalized spacial score (nSPS) is 21.3. The van der Waals surface area contributed by atoms with Crippen LogP contribution in [0, 0.1) is 0 Å². The first-order valence-electron chi connectivity index (χ1n) is 6.76. The maximum Gasteiger partial charge on any atom is 0.354 e. The lowest BCUT2D eigenvalue weighted by Gasteiger charge is -2.47. The van der Waals surface area contributed by atoms with Gasteiger partial charge in [-0.2, -0.15) is 4.98 Å². The maximum absolute atomic E-state index is 6.22. The zero-order valence-corrected chi connectivity index (χ0v) is 12.3. The number of anilines is 1. The summed E-state index contributed by atoms with van der Waals surface area (Å²) >= 11 is 0. The van der Waals surface area contributed by atoms with Crippen molar-refractivity contribution in [3.63, 3.8) is 0 Å². The Bertz CT molecular complexity index is 651. The van der Waals surface area contributed by atoms with E-state index >= 15 is 0 Å². The lowest BCUT2D eigenvalue weighted by molar-refractivity contribution is -0.152. The van der Waals surface area contributed by atoms with Gasteiger partial charge in [0.15, 0.2) is 5.58 Å². The molecular formula is C14H19BN2O3. The third-order valence-corrected chi connectivity index (χ3v) is 4.28. The van der Waals surface area contributed by atoms with Crippen molar-refractivity contribution in [2.75, 3.05) is 12.2 Å². The highest BCUT2D eigenvalue weighted by Gasteiger charge is 2.46. The van der Waals surface area contributed by atoms with Crippen molar-refractivity contribution >= 4 is 29.5 Å². The fraction of sp³-hybridized carbons (Fsp3) is 0.500. The molecule has 2 N–H and O–H groups in total. The average molecular weight is 274 g/mol. The Morgan fingerprint density at radius 1 is 1.20 bits per heavy atom. The molecule has 0 aliphatic carbocycles. The minimum Gasteiger partial charge on any atom is -0.424 e. The largest absolute Gasteiger partial charge is 0.424 e. The molecule has 1 aromatic heterocycles. The van der Waals surface area contributed by atoms with Crippen molar-refractivity contribution in [3.8, 4) is 0 Å². The van der Waals surface area contributed by atoms with Gasteiger partial charge < -0.3 is 19.5 Å². The maximum atomic E-state index is 6.22. The Hall–Kier alpha value is -1.53. The molecule has 0 radical (unpaired) electrons. The molecule has 0 spiro atoms. The summed E-state index contributed by atoms with van der Waals surface area (Å²) in [5.41, 5.74) is 7.33. The van der Waals surface area contributed by atoms with E-state index < -0.39 is 0 Å². The Morgan fingerprint density at radius 2 is 1.95 bits per heavy atom. The van der Waals surface area contributed by atoms with Gasteiger partial charge in [-0.05, 0) is 45.3 Å². The van der Waals surface area contributed by atoms with Crippen LogP contribution in [0.3, 0.4) is 0 Å². The van der Waals surface area contributed by atoms with Crippen molar-refractivity contribution in [3.05, 3.63) is 18.2 Å². The molecule has 0 amide bonds. The van der Waals surface area contributed by atoms with Gasteiger partial charge in [0.2, 0.25) is 0 Å². The highest BCUT2D eigenvalue weighted by atomic mass is 16.6. The van der Waals surface area contributed by atoms with Gasteiger partial charge in [0.05, 0.1) is 17.7 Å². The molecule has 6 heteroatoms. The molecule has 0 atom stereocenters. The SMILES string of the molecule is CC1(C)OCB(c2ccc3oc(N)nc3c2)OC1(C)C. The van der Waals surface area contributed by atoms with Crippen molar-refractivity contribution < 1.29 is 13.8 Å². The number of oxazole rings is 1. The first-order chi connectivity index (χ1) is 9.28. The third-order valence-electron chi connectivity index (χ3n) is 4.28. The molecule has 0 saturated carbocycles. The molecule has 1 aliphatic heterocycles. The van der Waals surface area contributed by atoms with E-state index in [0.717, 1.165) is 11.0 Å². The molecule has 1 fully saturated rings. The summed E-state index contributed by atoms with van der Waals surface area (Å²) in [6.45, 7) is 8.60. The highest BCUT2D eigenvalue weighted by molar-refractivity contribution is 6.67. The van der Waals surface area contributed by atoms with E-state index in [-0.39, 0.29) is 24.1 Å². The molecule has 1 saturated heterocycles. The van der Waals surface area contributed by atoms with E-state index in [2.05, 4.69) is 4.98 Å².